The molecular weight excluding hydrogens is 368 g/mol. The molecule has 148 valence electrons. The van der Waals surface area contributed by atoms with Crippen molar-refractivity contribution < 1.29 is 14.0 Å². The number of nitrogens with zero attached hydrogens (tertiary/aromatic N) is 2. The molecular formula is C22H22N4O3. The maximum absolute atomic E-state index is 12.5. The van der Waals surface area contributed by atoms with Crippen molar-refractivity contribution in [2.45, 2.75) is 13.3 Å². The largest absolute Gasteiger partial charge is 0.444 e. The predicted molar refractivity (Wildman–Crippen MR) is 110 cm³/mol. The highest BCUT2D eigenvalue weighted by Gasteiger charge is 2.21. The van der Waals surface area contributed by atoms with Crippen LogP contribution in [0.15, 0.2) is 59.2 Å². The lowest BCUT2D eigenvalue weighted by molar-refractivity contribution is 0.0954. The van der Waals surface area contributed by atoms with Gasteiger partial charge >= 0.3 is 6.03 Å². The third-order valence-corrected chi connectivity index (χ3v) is 4.79. The summed E-state index contributed by atoms with van der Waals surface area (Å²) in [6.45, 7) is 3.67. The molecule has 0 bridgehead atoms. The van der Waals surface area contributed by atoms with Gasteiger partial charge in [-0.05, 0) is 37.3 Å². The van der Waals surface area contributed by atoms with E-state index in [4.69, 9.17) is 4.42 Å². The van der Waals surface area contributed by atoms with Gasteiger partial charge in [0.15, 0.2) is 0 Å². The number of carbonyl (C=O) groups excluding carboxylic acids is 2. The number of anilines is 1. The monoisotopic (exact) mass is 390 g/mol. The summed E-state index contributed by atoms with van der Waals surface area (Å²) in [5, 5.41) is 5.65. The second-order valence-corrected chi connectivity index (χ2v) is 6.95. The standard InChI is InChI=1S/C22H22N4O3/c1-15-5-7-16(8-6-15)21-25-18(14-29-21)9-10-23-20(27)17-3-2-4-19(13-17)26-12-11-24-22(26)28/h2-8,13-14H,9-12H2,1H3,(H,23,27)(H,24,28). The molecule has 3 aromatic rings. The summed E-state index contributed by atoms with van der Waals surface area (Å²) in [5.74, 6) is 0.386. The number of benzene rings is 2. The highest BCUT2D eigenvalue weighted by atomic mass is 16.3. The van der Waals surface area contributed by atoms with Crippen molar-refractivity contribution >= 4 is 17.6 Å². The fourth-order valence-electron chi connectivity index (χ4n) is 3.19. The maximum Gasteiger partial charge on any atom is 0.321 e. The third-order valence-electron chi connectivity index (χ3n) is 4.79. The molecule has 1 aliphatic rings. The first-order valence-electron chi connectivity index (χ1n) is 9.55. The summed E-state index contributed by atoms with van der Waals surface area (Å²) in [5.41, 5.74) is 4.12. The first-order chi connectivity index (χ1) is 14.1. The quantitative estimate of drug-likeness (QED) is 0.677. The number of hydrogen-bond donors (Lipinski definition) is 2. The normalized spacial score (nSPS) is 13.4. The first kappa shape index (κ1) is 18.7. The molecule has 29 heavy (non-hydrogen) atoms. The zero-order chi connectivity index (χ0) is 20.2. The number of nitrogens with one attached hydrogen (secondary N) is 2. The average Bonchev–Trinajstić information content (AvgIpc) is 3.38. The fraction of sp³-hybridized carbons (Fsp3) is 0.227. The lowest BCUT2D eigenvalue weighted by Gasteiger charge is -2.15. The summed E-state index contributed by atoms with van der Waals surface area (Å²) >= 11 is 0. The number of oxazole rings is 1. The Balaban J connectivity index is 1.33. The Morgan fingerprint density at radius 1 is 1.24 bits per heavy atom. The molecule has 0 saturated carbocycles. The molecule has 0 spiro atoms. The van der Waals surface area contributed by atoms with E-state index < -0.39 is 0 Å². The van der Waals surface area contributed by atoms with E-state index in [0.29, 0.717) is 43.2 Å². The number of hydrogen-bond acceptors (Lipinski definition) is 4. The van der Waals surface area contributed by atoms with Crippen molar-refractivity contribution in [2.24, 2.45) is 0 Å². The number of aryl methyl sites for hydroxylation is 1. The van der Waals surface area contributed by atoms with Gasteiger partial charge in [0.05, 0.1) is 5.69 Å². The molecule has 3 amide bonds. The van der Waals surface area contributed by atoms with Gasteiger partial charge in [0, 0.05) is 42.9 Å². The van der Waals surface area contributed by atoms with Crippen LogP contribution in [0.25, 0.3) is 11.5 Å². The fourth-order valence-corrected chi connectivity index (χ4v) is 3.19. The van der Waals surface area contributed by atoms with Crippen molar-refractivity contribution in [3.63, 3.8) is 0 Å². The third kappa shape index (κ3) is 4.29. The van der Waals surface area contributed by atoms with Gasteiger partial charge in [0.1, 0.15) is 6.26 Å². The smallest absolute Gasteiger partial charge is 0.321 e. The molecule has 0 unspecified atom stereocenters. The number of carbonyl (C=O) groups is 2. The van der Waals surface area contributed by atoms with Crippen LogP contribution in [0.5, 0.6) is 0 Å². The summed E-state index contributed by atoms with van der Waals surface area (Å²) in [6, 6.07) is 14.9. The number of urea groups is 1. The van der Waals surface area contributed by atoms with Crippen molar-refractivity contribution in [3.05, 3.63) is 71.6 Å². The average molecular weight is 390 g/mol. The lowest BCUT2D eigenvalue weighted by Crippen LogP contribution is -2.29. The Bertz CT molecular complexity index is 1030. The van der Waals surface area contributed by atoms with Crippen molar-refractivity contribution in [2.75, 3.05) is 24.5 Å². The number of amides is 3. The summed E-state index contributed by atoms with van der Waals surface area (Å²) in [6.07, 6.45) is 2.18. The van der Waals surface area contributed by atoms with Gasteiger partial charge in [-0.2, -0.15) is 0 Å². The second-order valence-electron chi connectivity index (χ2n) is 6.95. The first-order valence-corrected chi connectivity index (χ1v) is 9.55. The van der Waals surface area contributed by atoms with Crippen LogP contribution in [-0.4, -0.2) is 36.6 Å². The van der Waals surface area contributed by atoms with Gasteiger partial charge in [0.2, 0.25) is 5.89 Å². The van der Waals surface area contributed by atoms with Crippen LogP contribution in [-0.2, 0) is 6.42 Å². The van der Waals surface area contributed by atoms with Crippen molar-refractivity contribution in [1.29, 1.82) is 0 Å². The van der Waals surface area contributed by atoms with Crippen LogP contribution >= 0.6 is 0 Å². The Morgan fingerprint density at radius 3 is 2.83 bits per heavy atom. The molecule has 2 heterocycles. The SMILES string of the molecule is Cc1ccc(-c2nc(CCNC(=O)c3cccc(N4CCNC4=O)c3)co2)cc1. The van der Waals surface area contributed by atoms with E-state index in [9.17, 15) is 9.59 Å². The van der Waals surface area contributed by atoms with Gasteiger partial charge in [-0.3, -0.25) is 9.69 Å². The van der Waals surface area contributed by atoms with E-state index in [0.717, 1.165) is 11.3 Å². The molecule has 7 nitrogen and oxygen atoms in total. The van der Waals surface area contributed by atoms with Crippen LogP contribution in [0.3, 0.4) is 0 Å². The highest BCUT2D eigenvalue weighted by Crippen LogP contribution is 2.20. The van der Waals surface area contributed by atoms with Gasteiger partial charge in [0.25, 0.3) is 5.91 Å². The molecule has 0 radical (unpaired) electrons. The molecule has 2 N–H and O–H groups in total. The van der Waals surface area contributed by atoms with Gasteiger partial charge in [-0.25, -0.2) is 9.78 Å². The predicted octanol–water partition coefficient (Wildman–Crippen LogP) is 3.15. The van der Waals surface area contributed by atoms with E-state index in [2.05, 4.69) is 15.6 Å². The molecule has 0 aliphatic carbocycles. The van der Waals surface area contributed by atoms with E-state index in [1.54, 1.807) is 29.4 Å². The van der Waals surface area contributed by atoms with Gasteiger partial charge < -0.3 is 15.1 Å². The van der Waals surface area contributed by atoms with Crippen LogP contribution < -0.4 is 15.5 Å². The maximum atomic E-state index is 12.5. The minimum Gasteiger partial charge on any atom is -0.444 e. The van der Waals surface area contributed by atoms with E-state index in [1.807, 2.05) is 37.3 Å². The van der Waals surface area contributed by atoms with Crippen LogP contribution in [0.1, 0.15) is 21.6 Å². The zero-order valence-electron chi connectivity index (χ0n) is 16.1. The Labute approximate surface area is 168 Å². The molecule has 1 fully saturated rings. The minimum absolute atomic E-state index is 0.141. The highest BCUT2D eigenvalue weighted by molar-refractivity contribution is 5.98. The van der Waals surface area contributed by atoms with E-state index in [1.165, 1.54) is 5.56 Å². The molecule has 0 atom stereocenters. The summed E-state index contributed by atoms with van der Waals surface area (Å²) in [4.78, 5) is 30.4. The lowest BCUT2D eigenvalue weighted by atomic mass is 10.1. The van der Waals surface area contributed by atoms with Gasteiger partial charge in [-0.15, -0.1) is 0 Å². The van der Waals surface area contributed by atoms with Crippen LogP contribution in [0.4, 0.5) is 10.5 Å². The molecule has 4 rings (SSSR count). The molecule has 1 aliphatic heterocycles. The minimum atomic E-state index is -0.186. The molecule has 2 aromatic carbocycles. The molecule has 1 aromatic heterocycles. The summed E-state index contributed by atoms with van der Waals surface area (Å²) in [7, 11) is 0. The number of aromatic nitrogens is 1. The molecule has 7 heteroatoms. The van der Waals surface area contributed by atoms with E-state index >= 15 is 0 Å². The van der Waals surface area contributed by atoms with E-state index in [-0.39, 0.29) is 11.9 Å². The van der Waals surface area contributed by atoms with Crippen molar-refractivity contribution in [1.82, 2.24) is 15.6 Å². The number of rotatable bonds is 6. The Hall–Kier alpha value is -3.61. The topological polar surface area (TPSA) is 87.5 Å². The van der Waals surface area contributed by atoms with Crippen LogP contribution in [0.2, 0.25) is 0 Å². The Kier molecular flexibility index (Phi) is 5.29. The Morgan fingerprint density at radius 2 is 2.07 bits per heavy atom. The van der Waals surface area contributed by atoms with Gasteiger partial charge in [-0.1, -0.05) is 23.8 Å². The van der Waals surface area contributed by atoms with Crippen LogP contribution in [0, 0.1) is 6.92 Å². The molecule has 1 saturated heterocycles. The zero-order valence-corrected chi connectivity index (χ0v) is 16.1. The second kappa shape index (κ2) is 8.18. The summed E-state index contributed by atoms with van der Waals surface area (Å²) < 4.78 is 5.55. The van der Waals surface area contributed by atoms with Crippen molar-refractivity contribution in [3.8, 4) is 11.5 Å².